The summed E-state index contributed by atoms with van der Waals surface area (Å²) >= 11 is -1.43. The van der Waals surface area contributed by atoms with Gasteiger partial charge in [-0.3, -0.25) is 9.78 Å². The minimum absolute atomic E-state index is 0.201. The first-order chi connectivity index (χ1) is 19.2. The molecule has 2 N–H and O–H groups in total. The van der Waals surface area contributed by atoms with Gasteiger partial charge in [0.15, 0.2) is 0 Å². The summed E-state index contributed by atoms with van der Waals surface area (Å²) in [4.78, 5) is 17.2. The molecule has 0 spiro atoms. The highest BCUT2D eigenvalue weighted by atomic mass is 32.2. The Balaban J connectivity index is 1.58. The van der Waals surface area contributed by atoms with Crippen LogP contribution in [-0.4, -0.2) is 54.6 Å². The van der Waals surface area contributed by atoms with Crippen molar-refractivity contribution in [2.24, 2.45) is 0 Å². The van der Waals surface area contributed by atoms with Crippen molar-refractivity contribution in [1.29, 1.82) is 0 Å². The number of anilines is 1. The minimum atomic E-state index is -3.64. The molecule has 3 heterocycles. The summed E-state index contributed by atoms with van der Waals surface area (Å²) < 4.78 is 63.0. The number of furan rings is 1. The molecule has 1 fully saturated rings. The largest absolute Gasteiger partial charge is 0.593 e. The first-order valence-corrected chi connectivity index (χ1v) is 15.9. The van der Waals surface area contributed by atoms with Gasteiger partial charge in [-0.2, -0.15) is 0 Å². The maximum atomic E-state index is 13.6. The Morgan fingerprint density at radius 3 is 2.67 bits per heavy atom. The van der Waals surface area contributed by atoms with Crippen molar-refractivity contribution in [3.8, 4) is 11.3 Å². The molecule has 0 aliphatic carbocycles. The van der Waals surface area contributed by atoms with Gasteiger partial charge in [0, 0.05) is 43.4 Å². The first kappa shape index (κ1) is 28.1. The molecular weight excluding hydrogens is 555 g/mol. The third-order valence-corrected chi connectivity index (χ3v) is 9.23. The average Bonchev–Trinajstić information content (AvgIpc) is 3.31. The summed E-state index contributed by atoms with van der Waals surface area (Å²) in [5.74, 6) is -0.956. The van der Waals surface area contributed by atoms with Crippen molar-refractivity contribution in [3.63, 3.8) is 0 Å². The van der Waals surface area contributed by atoms with Gasteiger partial charge in [0.1, 0.15) is 29.2 Å². The molecule has 1 amide bonds. The molecule has 12 heteroatoms. The number of sulfonamides is 1. The Morgan fingerprint density at radius 2 is 2.00 bits per heavy atom. The van der Waals surface area contributed by atoms with E-state index in [1.165, 1.54) is 41.9 Å². The SMILES string of the molecule is CNC(=O)c1c(-c2ccc(F)cc2)oc2cc(N[S@+](C)[O-])c([C@@H]3CCCN(S(=O)(=O)Cc4ccccn4)C3)cc12. The van der Waals surface area contributed by atoms with Gasteiger partial charge >= 0.3 is 0 Å². The lowest BCUT2D eigenvalue weighted by molar-refractivity contribution is 0.0964. The van der Waals surface area contributed by atoms with E-state index >= 15 is 0 Å². The summed E-state index contributed by atoms with van der Waals surface area (Å²) in [5, 5.41) is 3.17. The highest BCUT2D eigenvalue weighted by molar-refractivity contribution is 7.92. The zero-order valence-corrected chi connectivity index (χ0v) is 23.6. The monoisotopic (exact) mass is 584 g/mol. The maximum Gasteiger partial charge on any atom is 0.255 e. The first-order valence-electron chi connectivity index (χ1n) is 12.7. The Labute approximate surface area is 235 Å². The van der Waals surface area contributed by atoms with Crippen LogP contribution in [0.2, 0.25) is 0 Å². The van der Waals surface area contributed by atoms with E-state index in [-0.39, 0.29) is 35.4 Å². The molecule has 40 heavy (non-hydrogen) atoms. The average molecular weight is 585 g/mol. The second-order valence-electron chi connectivity index (χ2n) is 9.66. The maximum absolute atomic E-state index is 13.6. The molecule has 0 radical (unpaired) electrons. The summed E-state index contributed by atoms with van der Waals surface area (Å²) in [6, 6.07) is 14.3. The molecule has 0 bridgehead atoms. The van der Waals surface area contributed by atoms with Crippen molar-refractivity contribution >= 4 is 43.9 Å². The number of halogens is 1. The molecule has 1 aliphatic rings. The number of nitrogens with one attached hydrogen (secondary N) is 2. The third-order valence-electron chi connectivity index (χ3n) is 6.95. The Kier molecular flexibility index (Phi) is 8.13. The molecular formula is C28H29FN4O5S2. The van der Waals surface area contributed by atoms with E-state index in [1.54, 1.807) is 30.5 Å². The van der Waals surface area contributed by atoms with Crippen LogP contribution < -0.4 is 10.0 Å². The third kappa shape index (κ3) is 5.85. The Hall–Kier alpha value is -3.45. The molecule has 0 unspecified atom stereocenters. The van der Waals surface area contributed by atoms with E-state index in [1.807, 2.05) is 6.07 Å². The topological polar surface area (TPSA) is 128 Å². The number of carbonyl (C=O) groups is 1. The smallest absolute Gasteiger partial charge is 0.255 e. The number of piperidine rings is 1. The van der Waals surface area contributed by atoms with Crippen LogP contribution in [-0.2, 0) is 27.1 Å². The molecule has 210 valence electrons. The van der Waals surface area contributed by atoms with Crippen molar-refractivity contribution in [2.75, 3.05) is 31.1 Å². The highest BCUT2D eigenvalue weighted by Crippen LogP contribution is 2.41. The predicted molar refractivity (Wildman–Crippen MR) is 153 cm³/mol. The number of benzene rings is 2. The fourth-order valence-corrected chi connectivity index (χ4v) is 7.13. The van der Waals surface area contributed by atoms with Gasteiger partial charge in [0.2, 0.25) is 10.0 Å². The van der Waals surface area contributed by atoms with Gasteiger partial charge in [-0.25, -0.2) is 21.8 Å². The molecule has 1 aliphatic heterocycles. The number of rotatable bonds is 8. The van der Waals surface area contributed by atoms with Gasteiger partial charge in [0.05, 0.1) is 28.3 Å². The summed E-state index contributed by atoms with van der Waals surface area (Å²) in [6.45, 7) is 0.615. The van der Waals surface area contributed by atoms with Crippen molar-refractivity contribution in [1.82, 2.24) is 14.6 Å². The van der Waals surface area contributed by atoms with Crippen molar-refractivity contribution in [2.45, 2.75) is 24.5 Å². The van der Waals surface area contributed by atoms with E-state index < -0.39 is 27.2 Å². The van der Waals surface area contributed by atoms with E-state index in [0.717, 1.165) is 5.56 Å². The van der Waals surface area contributed by atoms with Gasteiger partial charge in [-0.05, 0) is 66.8 Å². The molecule has 9 nitrogen and oxygen atoms in total. The fraction of sp³-hybridized carbons (Fsp3) is 0.286. The van der Waals surface area contributed by atoms with E-state index in [2.05, 4.69) is 15.0 Å². The number of nitrogens with zero attached hydrogens (tertiary/aromatic N) is 2. The lowest BCUT2D eigenvalue weighted by Gasteiger charge is -2.33. The van der Waals surface area contributed by atoms with Crippen LogP contribution in [0.25, 0.3) is 22.3 Å². The van der Waals surface area contributed by atoms with Crippen LogP contribution >= 0.6 is 0 Å². The van der Waals surface area contributed by atoms with E-state index in [4.69, 9.17) is 4.42 Å². The van der Waals surface area contributed by atoms with E-state index in [9.17, 15) is 22.2 Å². The number of fused-ring (bicyclic) bond motifs is 1. The van der Waals surface area contributed by atoms with Gasteiger partial charge in [-0.1, -0.05) is 6.07 Å². The van der Waals surface area contributed by atoms with Gasteiger partial charge in [0.25, 0.3) is 5.91 Å². The lowest BCUT2D eigenvalue weighted by atomic mass is 9.89. The number of carbonyl (C=O) groups excluding carboxylic acids is 1. The van der Waals surface area contributed by atoms with Crippen molar-refractivity contribution < 1.29 is 26.6 Å². The quantitative estimate of drug-likeness (QED) is 0.294. The lowest BCUT2D eigenvalue weighted by Crippen LogP contribution is -2.40. The number of amides is 1. The molecule has 2 aromatic heterocycles. The van der Waals surface area contributed by atoms with Crippen LogP contribution in [0.4, 0.5) is 10.1 Å². The predicted octanol–water partition coefficient (Wildman–Crippen LogP) is 4.41. The molecule has 2 atom stereocenters. The summed E-state index contributed by atoms with van der Waals surface area (Å²) in [7, 11) is -2.13. The molecule has 4 aromatic rings. The van der Waals surface area contributed by atoms with Crippen LogP contribution in [0.5, 0.6) is 0 Å². The molecule has 5 rings (SSSR count). The normalized spacial score (nSPS) is 17.1. The number of pyridine rings is 1. The van der Waals surface area contributed by atoms with E-state index in [0.29, 0.717) is 47.3 Å². The second-order valence-corrected chi connectivity index (χ2v) is 12.7. The second kappa shape index (κ2) is 11.6. The van der Waals surface area contributed by atoms with Crippen LogP contribution in [0, 0.1) is 5.82 Å². The Bertz CT molecular complexity index is 1630. The van der Waals surface area contributed by atoms with Crippen LogP contribution in [0.3, 0.4) is 0 Å². The summed E-state index contributed by atoms with van der Waals surface area (Å²) in [5.41, 5.74) is 2.92. The number of hydrogen-bond donors (Lipinski definition) is 2. The standard InChI is InChI=1S/C28H29FN4O5S2/c1-30-28(34)26-23-14-22(19-6-5-13-33(16-19)40(36,37)17-21-7-3-4-12-31-21)24(32-39(2)35)15-25(23)38-27(26)18-8-10-20(29)11-9-18/h3-4,7-12,14-15,19,32H,5-6,13,16-17H2,1-2H3,(H,30,34)/t19-,39+/m1/s1. The number of aromatic nitrogens is 1. The molecule has 0 saturated carbocycles. The zero-order valence-electron chi connectivity index (χ0n) is 22.0. The van der Waals surface area contributed by atoms with Crippen molar-refractivity contribution in [3.05, 3.63) is 83.4 Å². The Morgan fingerprint density at radius 1 is 1.23 bits per heavy atom. The van der Waals surface area contributed by atoms with Gasteiger partial charge in [-0.15, -0.1) is 0 Å². The minimum Gasteiger partial charge on any atom is -0.593 e. The van der Waals surface area contributed by atoms with Gasteiger partial charge < -0.3 is 14.3 Å². The fourth-order valence-electron chi connectivity index (χ4n) is 5.11. The number of hydrogen-bond acceptors (Lipinski definition) is 7. The highest BCUT2D eigenvalue weighted by Gasteiger charge is 2.33. The van der Waals surface area contributed by atoms with Crippen LogP contribution in [0.1, 0.15) is 40.4 Å². The molecule has 1 saturated heterocycles. The zero-order chi connectivity index (χ0) is 28.4. The summed E-state index contributed by atoms with van der Waals surface area (Å²) in [6.07, 6.45) is 4.40. The van der Waals surface area contributed by atoms with Crippen LogP contribution in [0.15, 0.2) is 65.2 Å². The molecule has 2 aromatic carbocycles.